The molecule has 10 heteroatoms. The molecule has 0 bridgehead atoms. The summed E-state index contributed by atoms with van der Waals surface area (Å²) in [6.45, 7) is 3.56. The Morgan fingerprint density at radius 2 is 1.62 bits per heavy atom. The van der Waals surface area contributed by atoms with Crippen LogP contribution in [0.25, 0.3) is 0 Å². The molecule has 9 nitrogen and oxygen atoms in total. The van der Waals surface area contributed by atoms with E-state index in [-0.39, 0.29) is 0 Å². The van der Waals surface area contributed by atoms with Crippen LogP contribution in [0.15, 0.2) is 0 Å². The minimum Gasteiger partial charge on any atom is -0.481 e. The molecule has 0 aliphatic heterocycles. The monoisotopic (exact) mass is 323 g/mol. The second kappa shape index (κ2) is 6.76. The van der Waals surface area contributed by atoms with Gasteiger partial charge in [-0.15, -0.1) is 0 Å². The summed E-state index contributed by atoms with van der Waals surface area (Å²) < 4.78 is 11.8. The second-order valence-electron chi connectivity index (χ2n) is 5.29. The molecule has 0 aliphatic rings. The highest BCUT2D eigenvalue weighted by molar-refractivity contribution is 7.58. The van der Waals surface area contributed by atoms with Crippen molar-refractivity contribution in [2.75, 3.05) is 6.16 Å². The maximum absolute atomic E-state index is 12.2. The van der Waals surface area contributed by atoms with Crippen LogP contribution < -0.4 is 17.2 Å². The molecular weight excluding hydrogens is 301 g/mol. The zero-order valence-corrected chi connectivity index (χ0v) is 13.0. The number of carbonyl (C=O) groups is 3. The largest absolute Gasteiger partial charge is 0.481 e. The van der Waals surface area contributed by atoms with E-state index in [1.165, 1.54) is 13.8 Å². The fraction of sp³-hybridized carbons (Fsp3) is 0.727. The highest BCUT2D eigenvalue weighted by Gasteiger charge is 2.47. The van der Waals surface area contributed by atoms with Gasteiger partial charge in [-0.3, -0.25) is 18.9 Å². The number of rotatable bonds is 8. The molecule has 0 radical (unpaired) electrons. The van der Waals surface area contributed by atoms with E-state index >= 15 is 0 Å². The van der Waals surface area contributed by atoms with Crippen molar-refractivity contribution in [3.8, 4) is 0 Å². The molecule has 5 atom stereocenters. The highest BCUT2D eigenvalue weighted by Crippen LogP contribution is 2.45. The van der Waals surface area contributed by atoms with Crippen molar-refractivity contribution >= 4 is 24.9 Å². The van der Waals surface area contributed by atoms with Crippen LogP contribution in [0.3, 0.4) is 0 Å². The van der Waals surface area contributed by atoms with E-state index in [2.05, 4.69) is 0 Å². The number of carboxylic acid groups (broad SMARTS) is 1. The zero-order valence-electron chi connectivity index (χ0n) is 12.1. The molecule has 122 valence electrons. The molecule has 0 amide bonds. The van der Waals surface area contributed by atoms with E-state index < -0.39 is 54.3 Å². The zero-order chi connectivity index (χ0) is 17.2. The first-order chi connectivity index (χ1) is 9.25. The van der Waals surface area contributed by atoms with Gasteiger partial charge in [-0.25, -0.2) is 0 Å². The maximum atomic E-state index is 12.2. The Bertz CT molecular complexity index is 488. The lowest BCUT2D eigenvalue weighted by Gasteiger charge is -2.28. The third-order valence-corrected chi connectivity index (χ3v) is 5.29. The number of aliphatic carboxylic acids is 1. The lowest BCUT2D eigenvalue weighted by Crippen LogP contribution is -2.60. The first-order valence-corrected chi connectivity index (χ1v) is 8.09. The fourth-order valence-corrected chi connectivity index (χ4v) is 2.84. The predicted molar refractivity (Wildman–Crippen MR) is 75.7 cm³/mol. The Balaban J connectivity index is 5.52. The van der Waals surface area contributed by atoms with Crippen LogP contribution >= 0.6 is 7.37 Å². The normalized spacial score (nSPS) is 21.5. The third-order valence-electron chi connectivity index (χ3n) is 3.13. The van der Waals surface area contributed by atoms with Crippen LogP contribution in [-0.4, -0.2) is 51.1 Å². The molecule has 0 heterocycles. The number of carboxylic acids is 1. The summed E-state index contributed by atoms with van der Waals surface area (Å²) in [6.07, 6.45) is -0.891. The SMILES string of the molecule is CC(N)P(=O)(O)CC(C(=O)O)C(=O)[C@](C)(N)C(=O)[C@H](C)N. The van der Waals surface area contributed by atoms with Gasteiger partial charge in [0.25, 0.3) is 0 Å². The molecule has 0 fully saturated rings. The lowest BCUT2D eigenvalue weighted by atomic mass is 9.83. The van der Waals surface area contributed by atoms with E-state index in [1.807, 2.05) is 0 Å². The van der Waals surface area contributed by atoms with Gasteiger partial charge in [-0.05, 0) is 20.8 Å². The van der Waals surface area contributed by atoms with Crippen molar-refractivity contribution in [2.24, 2.45) is 23.1 Å². The van der Waals surface area contributed by atoms with Gasteiger partial charge < -0.3 is 27.2 Å². The predicted octanol–water partition coefficient (Wildman–Crippen LogP) is -1.53. The van der Waals surface area contributed by atoms with E-state index in [1.54, 1.807) is 0 Å². The first-order valence-electron chi connectivity index (χ1n) is 6.18. The van der Waals surface area contributed by atoms with Crippen LogP contribution in [0, 0.1) is 5.92 Å². The van der Waals surface area contributed by atoms with Gasteiger partial charge in [0.05, 0.1) is 11.8 Å². The smallest absolute Gasteiger partial charge is 0.314 e. The number of carbonyl (C=O) groups excluding carboxylic acids is 2. The van der Waals surface area contributed by atoms with Crippen molar-refractivity contribution in [1.82, 2.24) is 0 Å². The molecule has 0 aromatic carbocycles. The van der Waals surface area contributed by atoms with Crippen LogP contribution in [0.2, 0.25) is 0 Å². The topological polar surface area (TPSA) is 187 Å². The Labute approximate surface area is 122 Å². The minimum absolute atomic E-state index is 0.854. The van der Waals surface area contributed by atoms with Gasteiger partial charge in [-0.2, -0.15) is 0 Å². The molecule has 0 aromatic rings. The van der Waals surface area contributed by atoms with Gasteiger partial charge in [-0.1, -0.05) is 0 Å². The number of hydrogen-bond acceptors (Lipinski definition) is 7. The maximum Gasteiger partial charge on any atom is 0.314 e. The molecule has 0 aromatic heterocycles. The van der Waals surface area contributed by atoms with Gasteiger partial charge >= 0.3 is 5.97 Å². The average Bonchev–Trinajstić information content (AvgIpc) is 2.33. The van der Waals surface area contributed by atoms with Gasteiger partial charge in [0, 0.05) is 6.16 Å². The quantitative estimate of drug-likeness (QED) is 0.260. The van der Waals surface area contributed by atoms with Crippen molar-refractivity contribution in [2.45, 2.75) is 38.1 Å². The molecule has 0 aliphatic carbocycles. The standard InChI is InChI=1S/C11H22N3O6P/c1-5(12)8(15)11(3,14)9(16)7(10(17)18)4-21(19,20)6(2)13/h5-7H,4,12-14H2,1-3H3,(H,17,18)(H,19,20)/t5-,6?,7?,11+/m0/s1. The lowest BCUT2D eigenvalue weighted by molar-refractivity contribution is -0.148. The van der Waals surface area contributed by atoms with E-state index in [0.29, 0.717) is 0 Å². The summed E-state index contributed by atoms with van der Waals surface area (Å²) in [5.41, 5.74) is 14.1. The highest BCUT2D eigenvalue weighted by atomic mass is 31.2. The average molecular weight is 323 g/mol. The molecule has 8 N–H and O–H groups in total. The minimum atomic E-state index is -4.07. The van der Waals surface area contributed by atoms with Gasteiger partial charge in [0.1, 0.15) is 11.5 Å². The molecule has 21 heavy (non-hydrogen) atoms. The summed E-state index contributed by atoms with van der Waals surface area (Å²) in [7, 11) is -4.07. The van der Waals surface area contributed by atoms with Crippen molar-refractivity contribution in [3.05, 3.63) is 0 Å². The summed E-state index contributed by atoms with van der Waals surface area (Å²) in [5, 5.41) is 9.08. The van der Waals surface area contributed by atoms with Gasteiger partial charge in [0.15, 0.2) is 11.6 Å². The first kappa shape index (κ1) is 19.9. The molecule has 3 unspecified atom stereocenters. The van der Waals surface area contributed by atoms with Crippen LogP contribution in [0.5, 0.6) is 0 Å². The fourth-order valence-electron chi connectivity index (χ4n) is 1.66. The van der Waals surface area contributed by atoms with Crippen LogP contribution in [0.1, 0.15) is 20.8 Å². The Hall–Kier alpha value is -1.12. The third kappa shape index (κ3) is 4.69. The summed E-state index contributed by atoms with van der Waals surface area (Å²) in [5.74, 6) is -6.80. The molecule has 0 spiro atoms. The summed E-state index contributed by atoms with van der Waals surface area (Å²) >= 11 is 0. The molecule has 0 saturated heterocycles. The number of nitrogens with two attached hydrogens (primary N) is 3. The van der Waals surface area contributed by atoms with Crippen LogP contribution in [-0.2, 0) is 18.9 Å². The van der Waals surface area contributed by atoms with Crippen molar-refractivity contribution in [1.29, 1.82) is 0 Å². The second-order valence-corrected chi connectivity index (χ2v) is 7.98. The number of Topliss-reactive ketones (excluding diaryl/α,β-unsaturated/α-hetero) is 2. The molecule has 0 saturated carbocycles. The van der Waals surface area contributed by atoms with Crippen molar-refractivity contribution in [3.63, 3.8) is 0 Å². The summed E-state index contributed by atoms with van der Waals surface area (Å²) in [6, 6.07) is -1.08. The number of hydrogen-bond donors (Lipinski definition) is 5. The van der Waals surface area contributed by atoms with Gasteiger partial charge in [0.2, 0.25) is 7.37 Å². The number of ketones is 2. The summed E-state index contributed by atoms with van der Waals surface area (Å²) in [4.78, 5) is 44.8. The van der Waals surface area contributed by atoms with Crippen molar-refractivity contribution < 1.29 is 28.9 Å². The Morgan fingerprint density at radius 1 is 1.19 bits per heavy atom. The Morgan fingerprint density at radius 3 is 1.90 bits per heavy atom. The van der Waals surface area contributed by atoms with Crippen LogP contribution in [0.4, 0.5) is 0 Å². The molecule has 0 rings (SSSR count). The Kier molecular flexibility index (Phi) is 6.40. The van der Waals surface area contributed by atoms with E-state index in [9.17, 15) is 23.8 Å². The van der Waals surface area contributed by atoms with E-state index in [4.69, 9.17) is 22.3 Å². The van der Waals surface area contributed by atoms with E-state index in [0.717, 1.165) is 6.92 Å². The molecular formula is C11H22N3O6P.